The lowest BCUT2D eigenvalue weighted by atomic mass is 10.1. The summed E-state index contributed by atoms with van der Waals surface area (Å²) in [6.45, 7) is 2.58. The van der Waals surface area contributed by atoms with Crippen LogP contribution >= 0.6 is 0 Å². The van der Waals surface area contributed by atoms with Gasteiger partial charge in [0.25, 0.3) is 0 Å². The first-order chi connectivity index (χ1) is 11.3. The second kappa shape index (κ2) is 5.61. The van der Waals surface area contributed by atoms with Crippen molar-refractivity contribution in [1.29, 1.82) is 0 Å². The number of nitrogens with zero attached hydrogens (tertiary/aromatic N) is 2. The van der Waals surface area contributed by atoms with Crippen LogP contribution in [0.3, 0.4) is 0 Å². The van der Waals surface area contributed by atoms with Crippen molar-refractivity contribution in [2.24, 2.45) is 0 Å². The highest BCUT2D eigenvalue weighted by Crippen LogP contribution is 2.24. The second-order valence-electron chi connectivity index (χ2n) is 5.45. The van der Waals surface area contributed by atoms with Gasteiger partial charge in [0.1, 0.15) is 0 Å². The molecule has 0 spiro atoms. The van der Waals surface area contributed by atoms with Crippen LogP contribution in [0.2, 0.25) is 0 Å². The number of aromatic amines is 1. The molecule has 0 bridgehead atoms. The summed E-state index contributed by atoms with van der Waals surface area (Å²) < 4.78 is 5.32. The molecular weight excluding hydrogens is 288 g/mol. The Morgan fingerprint density at radius 3 is 2.78 bits per heavy atom. The molecule has 114 valence electrons. The fraction of sp³-hybridized carbons (Fsp3) is 0.111. The quantitative estimate of drug-likeness (QED) is 0.594. The van der Waals surface area contributed by atoms with Crippen LogP contribution in [-0.2, 0) is 6.54 Å². The average Bonchev–Trinajstić information content (AvgIpc) is 3.21. The molecular formula is C18H16N4O. The first-order valence-electron chi connectivity index (χ1n) is 7.50. The van der Waals surface area contributed by atoms with E-state index in [0.29, 0.717) is 18.3 Å². The van der Waals surface area contributed by atoms with E-state index < -0.39 is 0 Å². The van der Waals surface area contributed by atoms with E-state index in [1.165, 1.54) is 10.9 Å². The number of nitrogens with one attached hydrogen (secondary N) is 2. The van der Waals surface area contributed by atoms with Crippen molar-refractivity contribution in [2.75, 3.05) is 5.32 Å². The fourth-order valence-electron chi connectivity index (χ4n) is 2.60. The van der Waals surface area contributed by atoms with Gasteiger partial charge in [-0.2, -0.15) is 4.98 Å². The van der Waals surface area contributed by atoms with Crippen molar-refractivity contribution < 1.29 is 4.52 Å². The number of fused-ring (bicyclic) bond motifs is 1. The van der Waals surface area contributed by atoms with E-state index in [2.05, 4.69) is 39.5 Å². The van der Waals surface area contributed by atoms with Crippen LogP contribution in [0.25, 0.3) is 22.4 Å². The number of rotatable bonds is 4. The zero-order valence-corrected chi connectivity index (χ0v) is 12.7. The monoisotopic (exact) mass is 304 g/mol. The molecule has 5 nitrogen and oxygen atoms in total. The number of anilines is 1. The maximum absolute atomic E-state index is 5.32. The van der Waals surface area contributed by atoms with E-state index in [4.69, 9.17) is 4.52 Å². The van der Waals surface area contributed by atoms with Crippen LogP contribution in [0.4, 0.5) is 5.69 Å². The van der Waals surface area contributed by atoms with Crippen LogP contribution in [-0.4, -0.2) is 15.1 Å². The Morgan fingerprint density at radius 2 is 1.96 bits per heavy atom. The summed E-state index contributed by atoms with van der Waals surface area (Å²) in [6.07, 6.45) is 0. The van der Waals surface area contributed by atoms with Crippen molar-refractivity contribution >= 4 is 16.6 Å². The van der Waals surface area contributed by atoms with Gasteiger partial charge in [-0.15, -0.1) is 0 Å². The first-order valence-corrected chi connectivity index (χ1v) is 7.50. The Kier molecular flexibility index (Phi) is 3.31. The van der Waals surface area contributed by atoms with E-state index in [9.17, 15) is 0 Å². The molecule has 2 heterocycles. The average molecular weight is 304 g/mol. The van der Waals surface area contributed by atoms with Gasteiger partial charge in [0.05, 0.1) is 12.2 Å². The van der Waals surface area contributed by atoms with Crippen LogP contribution in [0.5, 0.6) is 0 Å². The van der Waals surface area contributed by atoms with Crippen molar-refractivity contribution in [3.8, 4) is 11.5 Å². The van der Waals surface area contributed by atoms with Crippen molar-refractivity contribution in [3.63, 3.8) is 0 Å². The van der Waals surface area contributed by atoms with E-state index >= 15 is 0 Å². The lowest BCUT2D eigenvalue weighted by Gasteiger charge is -2.01. The fourth-order valence-corrected chi connectivity index (χ4v) is 2.60. The zero-order chi connectivity index (χ0) is 15.6. The van der Waals surface area contributed by atoms with Gasteiger partial charge in [-0.1, -0.05) is 35.5 Å². The molecule has 23 heavy (non-hydrogen) atoms. The number of hydrogen-bond acceptors (Lipinski definition) is 4. The maximum Gasteiger partial charge on any atom is 0.246 e. The molecule has 2 N–H and O–H groups in total. The van der Waals surface area contributed by atoms with E-state index in [0.717, 1.165) is 16.9 Å². The predicted molar refractivity (Wildman–Crippen MR) is 90.1 cm³/mol. The number of aryl methyl sites for hydroxylation is 1. The molecule has 0 amide bonds. The number of benzene rings is 2. The summed E-state index contributed by atoms with van der Waals surface area (Å²) in [5.41, 5.74) is 4.19. The van der Waals surface area contributed by atoms with Gasteiger partial charge in [0.2, 0.25) is 11.7 Å². The van der Waals surface area contributed by atoms with Gasteiger partial charge in [-0.25, -0.2) is 0 Å². The third-order valence-corrected chi connectivity index (χ3v) is 3.81. The minimum absolute atomic E-state index is 0.496. The Balaban J connectivity index is 1.56. The van der Waals surface area contributed by atoms with Gasteiger partial charge < -0.3 is 14.8 Å². The molecule has 0 aliphatic carbocycles. The number of para-hydroxylation sites is 1. The summed E-state index contributed by atoms with van der Waals surface area (Å²) in [5.74, 6) is 1.13. The van der Waals surface area contributed by atoms with E-state index in [1.54, 1.807) is 0 Å². The van der Waals surface area contributed by atoms with Crippen LogP contribution < -0.4 is 5.32 Å². The van der Waals surface area contributed by atoms with Crippen LogP contribution in [0, 0.1) is 6.92 Å². The number of hydrogen-bond donors (Lipinski definition) is 2. The number of aromatic nitrogens is 3. The van der Waals surface area contributed by atoms with Gasteiger partial charge in [0, 0.05) is 16.6 Å². The predicted octanol–water partition coefficient (Wildman–Crippen LogP) is 4.14. The molecule has 5 heteroatoms. The molecule has 0 saturated heterocycles. The Hall–Kier alpha value is -3.08. The lowest BCUT2D eigenvalue weighted by molar-refractivity contribution is 0.384. The van der Waals surface area contributed by atoms with Crippen molar-refractivity contribution in [1.82, 2.24) is 15.1 Å². The topological polar surface area (TPSA) is 66.7 Å². The highest BCUT2D eigenvalue weighted by Gasteiger charge is 2.11. The molecule has 0 unspecified atom stereocenters. The summed E-state index contributed by atoms with van der Waals surface area (Å²) in [4.78, 5) is 7.78. The summed E-state index contributed by atoms with van der Waals surface area (Å²) >= 11 is 0. The Labute approximate surface area is 133 Å². The molecule has 0 aliphatic rings. The van der Waals surface area contributed by atoms with E-state index in [1.807, 2.05) is 42.5 Å². The standard InChI is InChI=1S/C18H16N4O/c1-12-6-5-9-15-14(12)10-16(20-15)18-21-17(23-22-18)11-19-13-7-3-2-4-8-13/h2-10,19-20H,11H2,1H3. The normalized spacial score (nSPS) is 11.0. The summed E-state index contributed by atoms with van der Waals surface area (Å²) in [6, 6.07) is 18.2. The van der Waals surface area contributed by atoms with Crippen LogP contribution in [0.15, 0.2) is 59.1 Å². The summed E-state index contributed by atoms with van der Waals surface area (Å²) in [7, 11) is 0. The third-order valence-electron chi connectivity index (χ3n) is 3.81. The molecule has 2 aromatic heterocycles. The Bertz CT molecular complexity index is 940. The maximum atomic E-state index is 5.32. The summed E-state index contributed by atoms with van der Waals surface area (Å²) in [5, 5.41) is 8.50. The molecule has 0 radical (unpaired) electrons. The van der Waals surface area contributed by atoms with Gasteiger partial charge in [-0.3, -0.25) is 0 Å². The molecule has 0 aliphatic heterocycles. The Morgan fingerprint density at radius 1 is 1.09 bits per heavy atom. The molecule has 0 fully saturated rings. The highest BCUT2D eigenvalue weighted by molar-refractivity contribution is 5.87. The molecule has 4 aromatic rings. The number of H-pyrrole nitrogens is 1. The van der Waals surface area contributed by atoms with Crippen molar-refractivity contribution in [3.05, 3.63) is 66.1 Å². The second-order valence-corrected chi connectivity index (χ2v) is 5.45. The van der Waals surface area contributed by atoms with Gasteiger partial charge in [-0.05, 0) is 36.8 Å². The van der Waals surface area contributed by atoms with Gasteiger partial charge >= 0.3 is 0 Å². The lowest BCUT2D eigenvalue weighted by Crippen LogP contribution is -1.99. The molecule has 0 atom stereocenters. The molecule has 4 rings (SSSR count). The zero-order valence-electron chi connectivity index (χ0n) is 12.7. The molecule has 2 aromatic carbocycles. The highest BCUT2D eigenvalue weighted by atomic mass is 16.5. The molecule has 0 saturated carbocycles. The minimum Gasteiger partial charge on any atom is -0.376 e. The van der Waals surface area contributed by atoms with Crippen LogP contribution in [0.1, 0.15) is 11.5 Å². The van der Waals surface area contributed by atoms with Gasteiger partial charge in [0.15, 0.2) is 0 Å². The van der Waals surface area contributed by atoms with Crippen molar-refractivity contribution in [2.45, 2.75) is 13.5 Å². The smallest absolute Gasteiger partial charge is 0.246 e. The largest absolute Gasteiger partial charge is 0.376 e. The first kappa shape index (κ1) is 13.6. The minimum atomic E-state index is 0.496. The SMILES string of the molecule is Cc1cccc2[nH]c(-c3noc(CNc4ccccc4)n3)cc12. The van der Waals surface area contributed by atoms with E-state index in [-0.39, 0.29) is 0 Å². The third kappa shape index (κ3) is 2.68.